The van der Waals surface area contributed by atoms with Crippen LogP contribution in [0.3, 0.4) is 0 Å². The van der Waals surface area contributed by atoms with Crippen LogP contribution in [-0.2, 0) is 0 Å². The highest BCUT2D eigenvalue weighted by atomic mass is 19.3. The van der Waals surface area contributed by atoms with Gasteiger partial charge in [0.2, 0.25) is 5.88 Å². The molecule has 0 aliphatic carbocycles. The number of ether oxygens (including phenoxy) is 1. The van der Waals surface area contributed by atoms with Gasteiger partial charge in [0.1, 0.15) is 0 Å². The maximum atomic E-state index is 12.4. The van der Waals surface area contributed by atoms with Gasteiger partial charge in [-0.3, -0.25) is 0 Å². The van der Waals surface area contributed by atoms with Gasteiger partial charge in [-0.2, -0.15) is 4.39 Å². The lowest BCUT2D eigenvalue weighted by atomic mass is 10.3. The Balaban J connectivity index is 2.85. The van der Waals surface area contributed by atoms with Crippen molar-refractivity contribution in [2.75, 3.05) is 0 Å². The molecule has 1 N–H and O–H groups in total. The van der Waals surface area contributed by atoms with Crippen LogP contribution in [0.25, 0.3) is 0 Å². The van der Waals surface area contributed by atoms with Crippen molar-refractivity contribution in [3.05, 3.63) is 17.6 Å². The number of alkyl halides is 3. The molecule has 8 heteroatoms. The standard InChI is InChI=1S/C8H7F3N2O3/c1-3-5(8(14)15)12-2-4(13-3)16-7(11)6(9)10/h2,6-7H,1H3,(H,14,15). The lowest BCUT2D eigenvalue weighted by Crippen LogP contribution is -2.20. The molecule has 1 unspecified atom stereocenters. The van der Waals surface area contributed by atoms with Crippen molar-refractivity contribution in [3.8, 4) is 5.88 Å². The van der Waals surface area contributed by atoms with E-state index in [1.807, 2.05) is 0 Å². The maximum absolute atomic E-state index is 12.4. The number of halogens is 3. The SMILES string of the molecule is Cc1nc(OC(F)C(F)F)cnc1C(=O)O. The average Bonchev–Trinajstić information content (AvgIpc) is 2.16. The summed E-state index contributed by atoms with van der Waals surface area (Å²) < 4.78 is 40.1. The van der Waals surface area contributed by atoms with E-state index in [9.17, 15) is 18.0 Å². The molecule has 0 fully saturated rings. The number of nitrogens with zero attached hydrogens (tertiary/aromatic N) is 2. The fourth-order valence-electron chi connectivity index (χ4n) is 0.894. The van der Waals surface area contributed by atoms with Crippen LogP contribution in [-0.4, -0.2) is 33.8 Å². The number of aromatic carboxylic acids is 1. The minimum atomic E-state index is -3.30. The molecule has 0 saturated carbocycles. The molecule has 1 heterocycles. The minimum absolute atomic E-state index is 0.0496. The molecule has 0 aromatic carbocycles. The van der Waals surface area contributed by atoms with Gasteiger partial charge in [0, 0.05) is 0 Å². The Morgan fingerprint density at radius 3 is 2.56 bits per heavy atom. The summed E-state index contributed by atoms with van der Waals surface area (Å²) in [5.74, 6) is -1.81. The lowest BCUT2D eigenvalue weighted by Gasteiger charge is -2.09. The lowest BCUT2D eigenvalue weighted by molar-refractivity contribution is -0.0692. The second-order valence-corrected chi connectivity index (χ2v) is 2.75. The number of aromatic nitrogens is 2. The molecule has 16 heavy (non-hydrogen) atoms. The first-order chi connectivity index (χ1) is 7.41. The van der Waals surface area contributed by atoms with E-state index in [1.165, 1.54) is 6.92 Å². The van der Waals surface area contributed by atoms with Crippen LogP contribution in [0.1, 0.15) is 16.2 Å². The van der Waals surface area contributed by atoms with E-state index in [-0.39, 0.29) is 11.4 Å². The Bertz CT molecular complexity index is 400. The molecule has 0 aliphatic heterocycles. The summed E-state index contributed by atoms with van der Waals surface area (Å²) in [7, 11) is 0. The topological polar surface area (TPSA) is 72.3 Å². The second-order valence-electron chi connectivity index (χ2n) is 2.75. The smallest absolute Gasteiger partial charge is 0.356 e. The Hall–Kier alpha value is -1.86. The highest BCUT2D eigenvalue weighted by Gasteiger charge is 2.22. The molecule has 1 rings (SSSR count). The summed E-state index contributed by atoms with van der Waals surface area (Å²) in [6.07, 6.45) is -5.35. The fourth-order valence-corrected chi connectivity index (χ4v) is 0.894. The van der Waals surface area contributed by atoms with Gasteiger partial charge in [-0.05, 0) is 6.92 Å². The fraction of sp³-hybridized carbons (Fsp3) is 0.375. The number of rotatable bonds is 4. The van der Waals surface area contributed by atoms with Crippen LogP contribution in [0.5, 0.6) is 5.88 Å². The Morgan fingerprint density at radius 2 is 2.12 bits per heavy atom. The van der Waals surface area contributed by atoms with E-state index < -0.39 is 24.6 Å². The molecule has 0 amide bonds. The summed E-state index contributed by atoms with van der Waals surface area (Å²) >= 11 is 0. The van der Waals surface area contributed by atoms with Gasteiger partial charge in [0.15, 0.2) is 5.69 Å². The van der Waals surface area contributed by atoms with E-state index in [0.29, 0.717) is 0 Å². The number of carboxylic acid groups (broad SMARTS) is 1. The molecular weight excluding hydrogens is 229 g/mol. The van der Waals surface area contributed by atoms with Gasteiger partial charge in [0.05, 0.1) is 11.9 Å². The van der Waals surface area contributed by atoms with E-state index in [1.54, 1.807) is 0 Å². The van der Waals surface area contributed by atoms with Crippen molar-refractivity contribution >= 4 is 5.97 Å². The summed E-state index contributed by atoms with van der Waals surface area (Å²) in [5.41, 5.74) is -0.397. The Morgan fingerprint density at radius 1 is 1.50 bits per heavy atom. The quantitative estimate of drug-likeness (QED) is 0.855. The highest BCUT2D eigenvalue weighted by molar-refractivity contribution is 5.86. The van der Waals surface area contributed by atoms with Crippen molar-refractivity contribution in [1.82, 2.24) is 9.97 Å². The van der Waals surface area contributed by atoms with Crippen LogP contribution in [0.15, 0.2) is 6.20 Å². The van der Waals surface area contributed by atoms with E-state index >= 15 is 0 Å². The van der Waals surface area contributed by atoms with Crippen LogP contribution in [0.2, 0.25) is 0 Å². The van der Waals surface area contributed by atoms with E-state index in [0.717, 1.165) is 6.20 Å². The van der Waals surface area contributed by atoms with Crippen LogP contribution >= 0.6 is 0 Å². The second kappa shape index (κ2) is 4.77. The van der Waals surface area contributed by atoms with Gasteiger partial charge in [-0.15, -0.1) is 0 Å². The first kappa shape index (κ1) is 12.2. The van der Waals surface area contributed by atoms with Crippen molar-refractivity contribution < 1.29 is 27.8 Å². The molecule has 88 valence electrons. The predicted molar refractivity (Wildman–Crippen MR) is 45.3 cm³/mol. The number of carboxylic acids is 1. The molecule has 1 aromatic rings. The Kier molecular flexibility index (Phi) is 3.64. The zero-order valence-electron chi connectivity index (χ0n) is 8.02. The van der Waals surface area contributed by atoms with Crippen molar-refractivity contribution in [1.29, 1.82) is 0 Å². The third kappa shape index (κ3) is 2.81. The molecular formula is C8H7F3N2O3. The average molecular weight is 236 g/mol. The van der Waals surface area contributed by atoms with Gasteiger partial charge >= 0.3 is 12.4 Å². The third-order valence-electron chi connectivity index (χ3n) is 1.56. The van der Waals surface area contributed by atoms with Crippen LogP contribution in [0, 0.1) is 6.92 Å². The molecule has 0 aliphatic rings. The van der Waals surface area contributed by atoms with Gasteiger partial charge < -0.3 is 9.84 Å². The normalized spacial score (nSPS) is 12.6. The summed E-state index contributed by atoms with van der Waals surface area (Å²) in [6.45, 7) is 1.29. The largest absolute Gasteiger partial charge is 0.476 e. The summed E-state index contributed by atoms with van der Waals surface area (Å²) in [6, 6.07) is 0. The molecule has 0 radical (unpaired) electrons. The Labute approximate surface area is 87.9 Å². The van der Waals surface area contributed by atoms with E-state index in [4.69, 9.17) is 5.11 Å². The number of aryl methyl sites for hydroxylation is 1. The van der Waals surface area contributed by atoms with Crippen LogP contribution in [0.4, 0.5) is 13.2 Å². The molecule has 0 saturated heterocycles. The molecule has 1 atom stereocenters. The third-order valence-corrected chi connectivity index (χ3v) is 1.56. The zero-order chi connectivity index (χ0) is 12.3. The number of carbonyl (C=O) groups is 1. The van der Waals surface area contributed by atoms with Gasteiger partial charge in [-0.25, -0.2) is 23.5 Å². The summed E-state index contributed by atoms with van der Waals surface area (Å²) in [5, 5.41) is 8.59. The summed E-state index contributed by atoms with van der Waals surface area (Å²) in [4.78, 5) is 17.4. The molecule has 0 spiro atoms. The van der Waals surface area contributed by atoms with Gasteiger partial charge in [-0.1, -0.05) is 0 Å². The van der Waals surface area contributed by atoms with Crippen molar-refractivity contribution in [3.63, 3.8) is 0 Å². The molecule has 5 nitrogen and oxygen atoms in total. The zero-order valence-corrected chi connectivity index (χ0v) is 8.02. The minimum Gasteiger partial charge on any atom is -0.476 e. The van der Waals surface area contributed by atoms with E-state index in [2.05, 4.69) is 14.7 Å². The maximum Gasteiger partial charge on any atom is 0.356 e. The first-order valence-electron chi connectivity index (χ1n) is 4.07. The molecule has 0 bridgehead atoms. The molecule has 1 aromatic heterocycles. The number of hydrogen-bond acceptors (Lipinski definition) is 4. The first-order valence-corrected chi connectivity index (χ1v) is 4.07. The van der Waals surface area contributed by atoms with Gasteiger partial charge in [0.25, 0.3) is 6.36 Å². The van der Waals surface area contributed by atoms with Crippen molar-refractivity contribution in [2.45, 2.75) is 19.7 Å². The monoisotopic (exact) mass is 236 g/mol. The number of hydrogen-bond donors (Lipinski definition) is 1. The van der Waals surface area contributed by atoms with Crippen LogP contribution < -0.4 is 4.74 Å². The predicted octanol–water partition coefficient (Wildman–Crippen LogP) is 1.42. The highest BCUT2D eigenvalue weighted by Crippen LogP contribution is 2.14. The van der Waals surface area contributed by atoms with Crippen molar-refractivity contribution in [2.24, 2.45) is 0 Å².